The van der Waals surface area contributed by atoms with Crippen molar-refractivity contribution in [3.05, 3.63) is 28.8 Å². The molecule has 0 saturated carbocycles. The fourth-order valence-electron chi connectivity index (χ4n) is 3.91. The van der Waals surface area contributed by atoms with E-state index in [4.69, 9.17) is 0 Å². The Bertz CT molecular complexity index is 461. The minimum atomic E-state index is 0.621. The molecule has 2 heterocycles. The molecule has 19 heavy (non-hydrogen) atoms. The van der Waals surface area contributed by atoms with Gasteiger partial charge in [0.2, 0.25) is 0 Å². The highest BCUT2D eigenvalue weighted by Gasteiger charge is 2.32. The van der Waals surface area contributed by atoms with Gasteiger partial charge in [-0.3, -0.25) is 4.90 Å². The van der Waals surface area contributed by atoms with Gasteiger partial charge in [0.1, 0.15) is 0 Å². The van der Waals surface area contributed by atoms with Crippen LogP contribution in [0.15, 0.2) is 12.1 Å². The van der Waals surface area contributed by atoms with Gasteiger partial charge < -0.3 is 5.32 Å². The lowest BCUT2D eigenvalue weighted by molar-refractivity contribution is 0.123. The maximum Gasteiger partial charge on any atom is 0.0418 e. The third-order valence-electron chi connectivity index (χ3n) is 4.75. The second kappa shape index (κ2) is 5.16. The number of piperidine rings is 1. The number of fused-ring (bicyclic) bond motifs is 1. The molecule has 2 heteroatoms. The molecule has 2 atom stereocenters. The number of hydrogen-bond donors (Lipinski definition) is 1. The van der Waals surface area contributed by atoms with Gasteiger partial charge in [-0.2, -0.15) is 0 Å². The first-order valence-electron chi connectivity index (χ1n) is 7.76. The number of nitrogens with zero attached hydrogens (tertiary/aromatic N) is 1. The largest absolute Gasteiger partial charge is 0.384 e. The van der Waals surface area contributed by atoms with E-state index in [2.05, 4.69) is 43.1 Å². The van der Waals surface area contributed by atoms with E-state index in [-0.39, 0.29) is 0 Å². The van der Waals surface area contributed by atoms with Crippen LogP contribution < -0.4 is 5.32 Å². The summed E-state index contributed by atoms with van der Waals surface area (Å²) in [5.41, 5.74) is 5.75. The summed E-state index contributed by atoms with van der Waals surface area (Å²) in [6.07, 6.45) is 4.16. The van der Waals surface area contributed by atoms with Crippen molar-refractivity contribution >= 4 is 5.69 Å². The van der Waals surface area contributed by atoms with Crippen molar-refractivity contribution < 1.29 is 0 Å². The molecule has 0 aliphatic carbocycles. The summed E-state index contributed by atoms with van der Waals surface area (Å²) in [6, 6.07) is 5.33. The van der Waals surface area contributed by atoms with Crippen LogP contribution in [0.25, 0.3) is 0 Å². The Labute approximate surface area is 117 Å². The molecule has 2 aliphatic heterocycles. The minimum absolute atomic E-state index is 0.621. The maximum absolute atomic E-state index is 3.65. The highest BCUT2D eigenvalue weighted by molar-refractivity contribution is 5.61. The highest BCUT2D eigenvalue weighted by Crippen LogP contribution is 2.40. The first kappa shape index (κ1) is 13.0. The Kier molecular flexibility index (Phi) is 3.53. The molecule has 1 aromatic carbocycles. The van der Waals surface area contributed by atoms with Gasteiger partial charge in [0.15, 0.2) is 0 Å². The average Bonchev–Trinajstić information content (AvgIpc) is 2.39. The normalized spacial score (nSPS) is 27.7. The summed E-state index contributed by atoms with van der Waals surface area (Å²) in [5.74, 6) is 0.701. The summed E-state index contributed by atoms with van der Waals surface area (Å²) in [6.45, 7) is 10.5. The monoisotopic (exact) mass is 258 g/mol. The van der Waals surface area contributed by atoms with E-state index < -0.39 is 0 Å². The lowest BCUT2D eigenvalue weighted by atomic mass is 9.85. The number of hydrogen-bond acceptors (Lipinski definition) is 2. The molecule has 0 radical (unpaired) electrons. The van der Waals surface area contributed by atoms with Crippen molar-refractivity contribution in [2.24, 2.45) is 5.92 Å². The second-order valence-corrected chi connectivity index (χ2v) is 6.45. The maximum atomic E-state index is 3.65. The molecular formula is C17H26N2. The Morgan fingerprint density at radius 3 is 2.58 bits per heavy atom. The van der Waals surface area contributed by atoms with Crippen LogP contribution in [-0.4, -0.2) is 24.5 Å². The molecule has 1 aromatic rings. The van der Waals surface area contributed by atoms with Gasteiger partial charge in [-0.25, -0.2) is 0 Å². The van der Waals surface area contributed by atoms with Gasteiger partial charge >= 0.3 is 0 Å². The molecule has 104 valence electrons. The fraction of sp³-hybridized carbons (Fsp3) is 0.647. The molecule has 2 nitrogen and oxygen atoms in total. The number of nitrogens with one attached hydrogen (secondary N) is 1. The summed E-state index contributed by atoms with van der Waals surface area (Å²) in [7, 11) is 0. The average molecular weight is 258 g/mol. The van der Waals surface area contributed by atoms with E-state index in [0.29, 0.717) is 12.0 Å². The van der Waals surface area contributed by atoms with Gasteiger partial charge in [0.25, 0.3) is 0 Å². The van der Waals surface area contributed by atoms with Crippen LogP contribution in [0.4, 0.5) is 5.69 Å². The van der Waals surface area contributed by atoms with Crippen LogP contribution in [0.2, 0.25) is 0 Å². The smallest absolute Gasteiger partial charge is 0.0418 e. The molecule has 2 aliphatic rings. The molecule has 0 bridgehead atoms. The standard InChI is InChI=1S/C17H26N2/c1-12-9-13(2)16-15(10-12)17(14(3)11-18-16)19-7-5-4-6-8-19/h9-10,14,17-18H,4-8,11H2,1-3H3. The van der Waals surface area contributed by atoms with Gasteiger partial charge in [0, 0.05) is 18.3 Å². The van der Waals surface area contributed by atoms with Crippen LogP contribution in [0, 0.1) is 19.8 Å². The fourth-order valence-corrected chi connectivity index (χ4v) is 3.91. The summed E-state index contributed by atoms with van der Waals surface area (Å²) in [5, 5.41) is 3.65. The third-order valence-corrected chi connectivity index (χ3v) is 4.75. The van der Waals surface area contributed by atoms with Crippen LogP contribution in [0.1, 0.15) is 48.9 Å². The minimum Gasteiger partial charge on any atom is -0.384 e. The van der Waals surface area contributed by atoms with E-state index in [1.54, 1.807) is 0 Å². The zero-order chi connectivity index (χ0) is 13.4. The van der Waals surface area contributed by atoms with Crippen LogP contribution in [-0.2, 0) is 0 Å². The van der Waals surface area contributed by atoms with Gasteiger partial charge in [-0.15, -0.1) is 0 Å². The van der Waals surface area contributed by atoms with E-state index in [1.807, 2.05) is 0 Å². The SMILES string of the molecule is Cc1cc(C)c2c(c1)C(N1CCCCC1)C(C)CN2. The molecule has 0 aromatic heterocycles. The van der Waals surface area contributed by atoms with Gasteiger partial charge in [0.05, 0.1) is 0 Å². The summed E-state index contributed by atoms with van der Waals surface area (Å²) in [4.78, 5) is 2.73. The van der Waals surface area contributed by atoms with E-state index in [1.165, 1.54) is 54.7 Å². The van der Waals surface area contributed by atoms with Crippen LogP contribution in [0.3, 0.4) is 0 Å². The molecular weight excluding hydrogens is 232 g/mol. The molecule has 0 spiro atoms. The predicted octanol–water partition coefficient (Wildman–Crippen LogP) is 3.89. The van der Waals surface area contributed by atoms with Gasteiger partial charge in [-0.1, -0.05) is 31.0 Å². The summed E-state index contributed by atoms with van der Waals surface area (Å²) >= 11 is 0. The Hall–Kier alpha value is -1.02. The van der Waals surface area contributed by atoms with Crippen molar-refractivity contribution in [3.8, 4) is 0 Å². The molecule has 3 rings (SSSR count). The molecule has 1 fully saturated rings. The highest BCUT2D eigenvalue weighted by atomic mass is 15.2. The lowest BCUT2D eigenvalue weighted by Gasteiger charge is -2.42. The zero-order valence-electron chi connectivity index (χ0n) is 12.5. The Morgan fingerprint density at radius 1 is 1.11 bits per heavy atom. The van der Waals surface area contributed by atoms with E-state index in [9.17, 15) is 0 Å². The van der Waals surface area contributed by atoms with Crippen molar-refractivity contribution in [2.45, 2.75) is 46.1 Å². The van der Waals surface area contributed by atoms with Crippen molar-refractivity contribution in [3.63, 3.8) is 0 Å². The Morgan fingerprint density at radius 2 is 1.84 bits per heavy atom. The summed E-state index contributed by atoms with van der Waals surface area (Å²) < 4.78 is 0. The van der Waals surface area contributed by atoms with Crippen molar-refractivity contribution in [1.29, 1.82) is 0 Å². The van der Waals surface area contributed by atoms with Crippen molar-refractivity contribution in [2.75, 3.05) is 25.0 Å². The van der Waals surface area contributed by atoms with E-state index >= 15 is 0 Å². The van der Waals surface area contributed by atoms with Crippen LogP contribution >= 0.6 is 0 Å². The molecule has 1 saturated heterocycles. The number of likely N-dealkylation sites (tertiary alicyclic amines) is 1. The second-order valence-electron chi connectivity index (χ2n) is 6.45. The first-order chi connectivity index (χ1) is 9.16. The number of benzene rings is 1. The zero-order valence-corrected chi connectivity index (χ0v) is 12.5. The molecule has 0 amide bonds. The quantitative estimate of drug-likeness (QED) is 0.822. The third kappa shape index (κ3) is 2.38. The number of rotatable bonds is 1. The molecule has 2 unspecified atom stereocenters. The number of anilines is 1. The van der Waals surface area contributed by atoms with E-state index in [0.717, 1.165) is 6.54 Å². The molecule has 1 N–H and O–H groups in total. The number of aryl methyl sites for hydroxylation is 2. The van der Waals surface area contributed by atoms with Crippen LogP contribution in [0.5, 0.6) is 0 Å². The topological polar surface area (TPSA) is 15.3 Å². The predicted molar refractivity (Wildman–Crippen MR) is 81.7 cm³/mol. The lowest BCUT2D eigenvalue weighted by Crippen LogP contribution is -2.41. The first-order valence-corrected chi connectivity index (χ1v) is 7.76. The Balaban J connectivity index is 2.00. The van der Waals surface area contributed by atoms with Gasteiger partial charge in [-0.05, 0) is 56.8 Å². The van der Waals surface area contributed by atoms with Crippen molar-refractivity contribution in [1.82, 2.24) is 4.90 Å².